The predicted octanol–water partition coefficient (Wildman–Crippen LogP) is -0.123. The highest BCUT2D eigenvalue weighted by Gasteiger charge is 2.29. The Balaban J connectivity index is 2.11. The average Bonchev–Trinajstić information content (AvgIpc) is 2.84. The predicted molar refractivity (Wildman–Crippen MR) is 66.6 cm³/mol. The maximum absolute atomic E-state index is 12.0. The summed E-state index contributed by atoms with van der Waals surface area (Å²) in [6, 6.07) is 1.75. The Hall–Kier alpha value is -1.87. The van der Waals surface area contributed by atoms with E-state index in [0.29, 0.717) is 6.42 Å². The fourth-order valence-electron chi connectivity index (χ4n) is 1.97. The molecule has 0 saturated carbocycles. The number of likely N-dealkylation sites (N-methyl/N-ethyl adjacent to an activating group) is 1. The van der Waals surface area contributed by atoms with E-state index in [1.165, 1.54) is 4.90 Å². The third-order valence-electron chi connectivity index (χ3n) is 3.01. The van der Waals surface area contributed by atoms with Crippen molar-refractivity contribution >= 4 is 21.9 Å². The van der Waals surface area contributed by atoms with Gasteiger partial charge >= 0.3 is 5.97 Å². The van der Waals surface area contributed by atoms with E-state index in [4.69, 9.17) is 9.52 Å². The number of piperidine rings is 1. The number of rotatable bonds is 4. The quantitative estimate of drug-likeness (QED) is 0.800. The lowest BCUT2D eigenvalue weighted by Crippen LogP contribution is -2.48. The molecule has 0 spiro atoms. The van der Waals surface area contributed by atoms with Gasteiger partial charge in [0, 0.05) is 26.1 Å². The minimum absolute atomic E-state index is 0.0355. The summed E-state index contributed by atoms with van der Waals surface area (Å²) in [5, 5.41) is 8.25. The van der Waals surface area contributed by atoms with Crippen LogP contribution in [0.5, 0.6) is 0 Å². The molecule has 1 amide bonds. The van der Waals surface area contributed by atoms with Crippen LogP contribution in [0.2, 0.25) is 0 Å². The van der Waals surface area contributed by atoms with E-state index in [1.807, 2.05) is 0 Å². The van der Waals surface area contributed by atoms with E-state index >= 15 is 0 Å². The number of hydrogen-bond donors (Lipinski definition) is 2. The number of nitrogens with one attached hydrogen (secondary N) is 1. The molecule has 1 unspecified atom stereocenters. The van der Waals surface area contributed by atoms with Gasteiger partial charge in [-0.25, -0.2) is 17.9 Å². The first-order valence-electron chi connectivity index (χ1n) is 5.89. The first-order valence-corrected chi connectivity index (χ1v) is 7.37. The van der Waals surface area contributed by atoms with Gasteiger partial charge in [-0.1, -0.05) is 0 Å². The van der Waals surface area contributed by atoms with Crippen molar-refractivity contribution in [3.05, 3.63) is 17.9 Å². The molecule has 2 N–H and O–H groups in total. The molecule has 0 radical (unpaired) electrons. The zero-order valence-corrected chi connectivity index (χ0v) is 11.5. The molecule has 1 aliphatic heterocycles. The van der Waals surface area contributed by atoms with Crippen LogP contribution in [0.1, 0.15) is 23.4 Å². The first kappa shape index (κ1) is 14.5. The van der Waals surface area contributed by atoms with Crippen LogP contribution in [-0.4, -0.2) is 49.9 Å². The highest BCUT2D eigenvalue weighted by Crippen LogP contribution is 2.17. The molecule has 2 rings (SSSR count). The summed E-state index contributed by atoms with van der Waals surface area (Å²) in [6.07, 6.45) is 0.664. The zero-order chi connectivity index (χ0) is 14.9. The molecule has 1 aliphatic rings. The summed E-state index contributed by atoms with van der Waals surface area (Å²) in [6.45, 7) is 0.268. The number of aromatic carboxylic acids is 1. The minimum Gasteiger partial charge on any atom is -0.475 e. The SMILES string of the molecule is CN1CC(NS(=O)(=O)c2ccc(C(=O)O)o2)CCC1=O. The van der Waals surface area contributed by atoms with Crippen LogP contribution in [0.3, 0.4) is 0 Å². The van der Waals surface area contributed by atoms with Gasteiger partial charge in [0.15, 0.2) is 0 Å². The molecule has 110 valence electrons. The van der Waals surface area contributed by atoms with Gasteiger partial charge in [0.1, 0.15) is 0 Å². The Bertz CT molecular complexity index is 635. The minimum atomic E-state index is -3.93. The summed E-state index contributed by atoms with van der Waals surface area (Å²) in [7, 11) is -2.34. The normalized spacial score (nSPS) is 20.1. The third-order valence-corrected chi connectivity index (χ3v) is 4.40. The van der Waals surface area contributed by atoms with Crippen LogP contribution >= 0.6 is 0 Å². The number of amides is 1. The second kappa shape index (κ2) is 5.25. The van der Waals surface area contributed by atoms with Gasteiger partial charge < -0.3 is 14.4 Å². The third kappa shape index (κ3) is 2.99. The van der Waals surface area contributed by atoms with E-state index in [0.717, 1.165) is 12.1 Å². The van der Waals surface area contributed by atoms with E-state index < -0.39 is 32.9 Å². The molecule has 1 saturated heterocycles. The molecule has 0 aromatic carbocycles. The number of furan rings is 1. The van der Waals surface area contributed by atoms with Crippen molar-refractivity contribution in [3.8, 4) is 0 Å². The van der Waals surface area contributed by atoms with E-state index in [1.54, 1.807) is 7.05 Å². The number of nitrogens with zero attached hydrogens (tertiary/aromatic N) is 1. The van der Waals surface area contributed by atoms with Gasteiger partial charge in [0.2, 0.25) is 16.8 Å². The van der Waals surface area contributed by atoms with Crippen LogP contribution in [-0.2, 0) is 14.8 Å². The lowest BCUT2D eigenvalue weighted by Gasteiger charge is -2.29. The molecule has 1 fully saturated rings. The van der Waals surface area contributed by atoms with Gasteiger partial charge in [0.05, 0.1) is 0 Å². The molecule has 9 heteroatoms. The van der Waals surface area contributed by atoms with Gasteiger partial charge in [-0.3, -0.25) is 4.79 Å². The smallest absolute Gasteiger partial charge is 0.371 e. The molecule has 20 heavy (non-hydrogen) atoms. The zero-order valence-electron chi connectivity index (χ0n) is 10.7. The fraction of sp³-hybridized carbons (Fsp3) is 0.455. The number of carboxylic acid groups (broad SMARTS) is 1. The van der Waals surface area contributed by atoms with Gasteiger partial charge in [-0.15, -0.1) is 0 Å². The van der Waals surface area contributed by atoms with E-state index in [-0.39, 0.29) is 18.9 Å². The van der Waals surface area contributed by atoms with Crippen molar-refractivity contribution < 1.29 is 27.5 Å². The van der Waals surface area contributed by atoms with Crippen LogP contribution in [0.4, 0.5) is 0 Å². The van der Waals surface area contributed by atoms with Gasteiger partial charge in [0.25, 0.3) is 10.0 Å². The summed E-state index contributed by atoms with van der Waals surface area (Å²) in [4.78, 5) is 23.4. The summed E-state index contributed by atoms with van der Waals surface area (Å²) in [5.41, 5.74) is 0. The summed E-state index contributed by atoms with van der Waals surface area (Å²) < 4.78 is 31.2. The second-order valence-corrected chi connectivity index (χ2v) is 6.20. The number of carboxylic acids is 1. The van der Waals surface area contributed by atoms with E-state index in [9.17, 15) is 18.0 Å². The summed E-state index contributed by atoms with van der Waals surface area (Å²) in [5.74, 6) is -1.82. The second-order valence-electron chi connectivity index (χ2n) is 4.55. The molecular weight excluding hydrogens is 288 g/mol. The number of hydrogen-bond acceptors (Lipinski definition) is 5. The van der Waals surface area contributed by atoms with Crippen LogP contribution in [0, 0.1) is 0 Å². The molecule has 8 nitrogen and oxygen atoms in total. The number of carbonyl (C=O) groups excluding carboxylic acids is 1. The largest absolute Gasteiger partial charge is 0.475 e. The molecule has 1 atom stereocenters. The highest BCUT2D eigenvalue weighted by atomic mass is 32.2. The maximum atomic E-state index is 12.0. The fourth-order valence-corrected chi connectivity index (χ4v) is 3.16. The average molecular weight is 302 g/mol. The van der Waals surface area contributed by atoms with Crippen LogP contribution in [0.25, 0.3) is 0 Å². The van der Waals surface area contributed by atoms with Crippen molar-refractivity contribution in [1.82, 2.24) is 9.62 Å². The van der Waals surface area contributed by atoms with Crippen LogP contribution < -0.4 is 4.72 Å². The lowest BCUT2D eigenvalue weighted by molar-refractivity contribution is -0.132. The lowest BCUT2D eigenvalue weighted by atomic mass is 10.1. The molecule has 1 aromatic rings. The Morgan fingerprint density at radius 3 is 2.75 bits per heavy atom. The molecule has 1 aromatic heterocycles. The highest BCUT2D eigenvalue weighted by molar-refractivity contribution is 7.89. The first-order chi connectivity index (χ1) is 9.29. The molecular formula is C11H14N2O6S. The molecule has 0 bridgehead atoms. The topological polar surface area (TPSA) is 117 Å². The Labute approximate surface area is 115 Å². The molecule has 2 heterocycles. The Morgan fingerprint density at radius 2 is 2.20 bits per heavy atom. The van der Waals surface area contributed by atoms with Gasteiger partial charge in [-0.2, -0.15) is 0 Å². The summed E-state index contributed by atoms with van der Waals surface area (Å²) >= 11 is 0. The van der Waals surface area contributed by atoms with Crippen molar-refractivity contribution in [1.29, 1.82) is 0 Å². The van der Waals surface area contributed by atoms with Crippen molar-refractivity contribution in [2.24, 2.45) is 0 Å². The number of likely N-dealkylation sites (tertiary alicyclic amines) is 1. The van der Waals surface area contributed by atoms with Crippen LogP contribution in [0.15, 0.2) is 21.6 Å². The van der Waals surface area contributed by atoms with Crippen molar-refractivity contribution in [2.75, 3.05) is 13.6 Å². The van der Waals surface area contributed by atoms with Crippen molar-refractivity contribution in [2.45, 2.75) is 24.0 Å². The monoisotopic (exact) mass is 302 g/mol. The maximum Gasteiger partial charge on any atom is 0.371 e. The van der Waals surface area contributed by atoms with E-state index in [2.05, 4.69) is 4.72 Å². The van der Waals surface area contributed by atoms with Crippen molar-refractivity contribution in [3.63, 3.8) is 0 Å². The number of sulfonamides is 1. The standard InChI is InChI=1S/C11H14N2O6S/c1-13-6-7(2-4-9(13)14)12-20(17,18)10-5-3-8(19-10)11(15)16/h3,5,7,12H,2,4,6H2,1H3,(H,15,16). The van der Waals surface area contributed by atoms with Gasteiger partial charge in [-0.05, 0) is 18.6 Å². The number of carbonyl (C=O) groups is 2. The Morgan fingerprint density at radius 1 is 1.50 bits per heavy atom. The Kier molecular flexibility index (Phi) is 3.82. The molecule has 0 aliphatic carbocycles.